The third kappa shape index (κ3) is 11.9. The Morgan fingerprint density at radius 3 is 1.54 bits per heavy atom. The SMILES string of the molecule is CS(=O)(=O)[O-].C[N+]1(C)CCCCC1. The molecule has 0 N–H and O–H groups in total. The molecule has 1 saturated heterocycles. The van der Waals surface area contributed by atoms with Crippen LogP contribution in [0.1, 0.15) is 19.3 Å². The zero-order valence-corrected chi connectivity index (χ0v) is 9.43. The first-order valence-corrected chi connectivity index (χ1v) is 6.25. The van der Waals surface area contributed by atoms with Gasteiger partial charge in [-0.05, 0) is 19.3 Å². The highest BCUT2D eigenvalue weighted by Gasteiger charge is 2.17. The standard InChI is InChI=1S/C7H16N.CH4O3S/c1-8(2)6-4-3-5-7-8;1-5(2,3)4/h3-7H2,1-2H3;1H3,(H,2,3,4)/q+1;/p-1. The second kappa shape index (κ2) is 4.93. The predicted octanol–water partition coefficient (Wildman–Crippen LogP) is 0.408. The molecule has 1 fully saturated rings. The maximum atomic E-state index is 9.08. The Balaban J connectivity index is 0.000000252. The smallest absolute Gasteiger partial charge is 0.0916 e. The van der Waals surface area contributed by atoms with Gasteiger partial charge in [-0.1, -0.05) is 0 Å². The summed E-state index contributed by atoms with van der Waals surface area (Å²) in [6.07, 6.45) is 4.94. The summed E-state index contributed by atoms with van der Waals surface area (Å²) in [6.45, 7) is 2.78. The van der Waals surface area contributed by atoms with Crippen molar-refractivity contribution in [1.82, 2.24) is 0 Å². The van der Waals surface area contributed by atoms with Crippen molar-refractivity contribution in [3.05, 3.63) is 0 Å². The molecule has 0 saturated carbocycles. The van der Waals surface area contributed by atoms with Crippen molar-refractivity contribution in [2.75, 3.05) is 33.4 Å². The van der Waals surface area contributed by atoms with Crippen LogP contribution in [0, 0.1) is 0 Å². The molecule has 0 aliphatic carbocycles. The minimum absolute atomic E-state index is 0.604. The van der Waals surface area contributed by atoms with Gasteiger partial charge in [0.15, 0.2) is 0 Å². The quantitative estimate of drug-likeness (QED) is 0.429. The van der Waals surface area contributed by atoms with Crippen molar-refractivity contribution in [2.24, 2.45) is 0 Å². The first-order chi connectivity index (χ1) is 5.71. The van der Waals surface area contributed by atoms with Crippen LogP contribution in [-0.2, 0) is 10.1 Å². The van der Waals surface area contributed by atoms with Gasteiger partial charge < -0.3 is 9.04 Å². The van der Waals surface area contributed by atoms with Gasteiger partial charge in [0.1, 0.15) is 0 Å². The Kier molecular flexibility index (Phi) is 4.88. The van der Waals surface area contributed by atoms with Gasteiger partial charge >= 0.3 is 0 Å². The molecule has 0 bridgehead atoms. The first kappa shape index (κ1) is 12.9. The second-order valence-corrected chi connectivity index (χ2v) is 5.56. The zero-order chi connectivity index (χ0) is 10.5. The molecule has 4 nitrogen and oxygen atoms in total. The molecule has 1 aliphatic heterocycles. The van der Waals surface area contributed by atoms with E-state index in [4.69, 9.17) is 13.0 Å². The summed E-state index contributed by atoms with van der Waals surface area (Å²) in [5, 5.41) is 0. The first-order valence-electron chi connectivity index (χ1n) is 4.44. The van der Waals surface area contributed by atoms with Crippen LogP contribution in [0.4, 0.5) is 0 Å². The van der Waals surface area contributed by atoms with Gasteiger partial charge in [0.05, 0.1) is 37.3 Å². The average molecular weight is 209 g/mol. The van der Waals surface area contributed by atoms with E-state index >= 15 is 0 Å². The Bertz CT molecular complexity index is 218. The van der Waals surface area contributed by atoms with Crippen LogP contribution in [0.3, 0.4) is 0 Å². The second-order valence-electron chi connectivity index (χ2n) is 4.15. The Morgan fingerprint density at radius 1 is 1.08 bits per heavy atom. The summed E-state index contributed by atoms with van der Waals surface area (Å²) in [5.74, 6) is 0. The number of hydrogen-bond donors (Lipinski definition) is 0. The molecule has 0 unspecified atom stereocenters. The predicted molar refractivity (Wildman–Crippen MR) is 51.3 cm³/mol. The number of rotatable bonds is 0. The van der Waals surface area contributed by atoms with Crippen molar-refractivity contribution in [1.29, 1.82) is 0 Å². The van der Waals surface area contributed by atoms with Crippen LogP contribution in [0.15, 0.2) is 0 Å². The summed E-state index contributed by atoms with van der Waals surface area (Å²) in [4.78, 5) is 0. The third-order valence-corrected chi connectivity index (χ3v) is 2.03. The fraction of sp³-hybridized carbons (Fsp3) is 1.00. The Morgan fingerprint density at radius 2 is 1.38 bits per heavy atom. The van der Waals surface area contributed by atoms with Crippen LogP contribution in [0.2, 0.25) is 0 Å². The number of quaternary nitrogens is 1. The molecule has 1 aliphatic rings. The van der Waals surface area contributed by atoms with E-state index < -0.39 is 10.1 Å². The highest BCUT2D eigenvalue weighted by atomic mass is 32.2. The monoisotopic (exact) mass is 209 g/mol. The van der Waals surface area contributed by atoms with Gasteiger partial charge in [-0.3, -0.25) is 0 Å². The lowest BCUT2D eigenvalue weighted by Crippen LogP contribution is -2.43. The zero-order valence-electron chi connectivity index (χ0n) is 8.62. The lowest BCUT2D eigenvalue weighted by Gasteiger charge is -2.33. The number of nitrogens with zero attached hydrogens (tertiary/aromatic N) is 1. The van der Waals surface area contributed by atoms with E-state index in [0.717, 1.165) is 0 Å². The molecule has 13 heavy (non-hydrogen) atoms. The maximum absolute atomic E-state index is 9.08. The minimum Gasteiger partial charge on any atom is -0.748 e. The molecule has 0 aromatic heterocycles. The van der Waals surface area contributed by atoms with Crippen molar-refractivity contribution in [3.63, 3.8) is 0 Å². The van der Waals surface area contributed by atoms with Gasteiger partial charge in [-0.2, -0.15) is 0 Å². The largest absolute Gasteiger partial charge is 0.748 e. The van der Waals surface area contributed by atoms with Gasteiger partial charge in [0.25, 0.3) is 0 Å². The number of likely N-dealkylation sites (tertiary alicyclic amines) is 1. The highest BCUT2D eigenvalue weighted by Crippen LogP contribution is 2.12. The fourth-order valence-electron chi connectivity index (χ4n) is 1.37. The topological polar surface area (TPSA) is 57.2 Å². The van der Waals surface area contributed by atoms with E-state index in [1.807, 2.05) is 0 Å². The average Bonchev–Trinajstić information content (AvgIpc) is 1.82. The number of hydrogen-bond acceptors (Lipinski definition) is 3. The third-order valence-electron chi connectivity index (χ3n) is 2.03. The van der Waals surface area contributed by atoms with Crippen molar-refractivity contribution in [2.45, 2.75) is 19.3 Å². The summed E-state index contributed by atoms with van der Waals surface area (Å²) in [5.41, 5.74) is 0. The van der Waals surface area contributed by atoms with Gasteiger partial charge in [0, 0.05) is 6.26 Å². The summed E-state index contributed by atoms with van der Waals surface area (Å²) in [7, 11) is 0.721. The molecular weight excluding hydrogens is 190 g/mol. The van der Waals surface area contributed by atoms with Gasteiger partial charge in [-0.15, -0.1) is 0 Å². The maximum Gasteiger partial charge on any atom is 0.0916 e. The molecule has 0 aromatic carbocycles. The Labute approximate surface area is 80.9 Å². The fourth-order valence-corrected chi connectivity index (χ4v) is 1.37. The summed E-state index contributed by atoms with van der Waals surface area (Å²) in [6, 6.07) is 0. The van der Waals surface area contributed by atoms with E-state index in [1.54, 1.807) is 0 Å². The molecule has 0 radical (unpaired) electrons. The van der Waals surface area contributed by atoms with Crippen LogP contribution < -0.4 is 0 Å². The van der Waals surface area contributed by atoms with Crippen LogP contribution in [-0.4, -0.2) is 50.9 Å². The molecule has 1 rings (SSSR count). The normalized spacial score (nSPS) is 21.5. The molecule has 0 spiro atoms. The van der Waals surface area contributed by atoms with E-state index in [2.05, 4.69) is 14.1 Å². The van der Waals surface area contributed by atoms with Crippen LogP contribution in [0.25, 0.3) is 0 Å². The molecule has 80 valence electrons. The molecule has 5 heteroatoms. The number of piperidine rings is 1. The van der Waals surface area contributed by atoms with E-state index in [9.17, 15) is 0 Å². The lowest BCUT2D eigenvalue weighted by molar-refractivity contribution is -0.894. The Hall–Kier alpha value is -0.130. The van der Waals surface area contributed by atoms with Crippen molar-refractivity contribution < 1.29 is 17.5 Å². The van der Waals surface area contributed by atoms with Crippen molar-refractivity contribution >= 4 is 10.1 Å². The van der Waals surface area contributed by atoms with Crippen LogP contribution in [0.5, 0.6) is 0 Å². The van der Waals surface area contributed by atoms with E-state index in [-0.39, 0.29) is 0 Å². The molecule has 0 amide bonds. The van der Waals surface area contributed by atoms with Crippen LogP contribution >= 0.6 is 0 Å². The molecular formula is C8H19NO3S. The van der Waals surface area contributed by atoms with E-state index in [1.165, 1.54) is 36.8 Å². The van der Waals surface area contributed by atoms with E-state index in [0.29, 0.717) is 6.26 Å². The lowest BCUT2D eigenvalue weighted by atomic mass is 10.1. The summed E-state index contributed by atoms with van der Waals surface area (Å²) >= 11 is 0. The summed E-state index contributed by atoms with van der Waals surface area (Å²) < 4.78 is 28.5. The molecule has 0 aromatic rings. The minimum atomic E-state index is -3.92. The van der Waals surface area contributed by atoms with Gasteiger partial charge in [0.2, 0.25) is 0 Å². The van der Waals surface area contributed by atoms with Crippen molar-refractivity contribution in [3.8, 4) is 0 Å². The molecule has 1 heterocycles. The highest BCUT2D eigenvalue weighted by molar-refractivity contribution is 7.84. The van der Waals surface area contributed by atoms with Gasteiger partial charge in [-0.25, -0.2) is 8.42 Å². The molecule has 0 atom stereocenters.